The second kappa shape index (κ2) is 6.37. The summed E-state index contributed by atoms with van der Waals surface area (Å²) in [5.41, 5.74) is 3.50. The number of benzene rings is 2. The second-order valence-electron chi connectivity index (χ2n) is 6.04. The van der Waals surface area contributed by atoms with Crippen LogP contribution in [0.5, 0.6) is 5.75 Å². The summed E-state index contributed by atoms with van der Waals surface area (Å²) in [5.74, 6) is 1.56. The van der Waals surface area contributed by atoms with Gasteiger partial charge in [0.05, 0.1) is 17.2 Å². The monoisotopic (exact) mass is 350 g/mol. The first kappa shape index (κ1) is 15.9. The average molecular weight is 350 g/mol. The molecule has 4 rings (SSSR count). The number of rotatable bonds is 4. The van der Waals surface area contributed by atoms with Gasteiger partial charge >= 0.3 is 0 Å². The Morgan fingerprint density at radius 1 is 1.08 bits per heavy atom. The minimum absolute atomic E-state index is 0.724. The first-order valence-corrected chi connectivity index (χ1v) is 8.73. The number of furan rings is 1. The van der Waals surface area contributed by atoms with Crippen LogP contribution in [0.15, 0.2) is 57.6 Å². The molecule has 2 heterocycles. The fourth-order valence-corrected chi connectivity index (χ4v) is 3.45. The molecule has 4 heteroatoms. The molecule has 0 fully saturated rings. The molecule has 0 saturated carbocycles. The highest BCUT2D eigenvalue weighted by Gasteiger charge is 2.13. The lowest BCUT2D eigenvalue weighted by molar-refractivity contribution is 0.409. The number of methoxy groups -OCH3 is 1. The highest BCUT2D eigenvalue weighted by atomic mass is 32.1. The number of aryl methyl sites for hydroxylation is 1. The molecule has 0 N–H and O–H groups in total. The summed E-state index contributed by atoms with van der Waals surface area (Å²) in [5, 5.41) is 1.96. The normalized spacial score (nSPS) is 11.3. The van der Waals surface area contributed by atoms with E-state index in [1.165, 1.54) is 0 Å². The lowest BCUT2D eigenvalue weighted by atomic mass is 10.0. The molecule has 0 aliphatic carbocycles. The maximum Gasteiger partial charge on any atom is 0.140 e. The van der Waals surface area contributed by atoms with E-state index in [1.807, 2.05) is 36.4 Å². The Bertz CT molecular complexity index is 1090. The summed E-state index contributed by atoms with van der Waals surface area (Å²) in [6.45, 7) is 2.15. The Morgan fingerprint density at radius 3 is 2.68 bits per heavy atom. The third-order valence-electron chi connectivity index (χ3n) is 4.39. The Hall–Kier alpha value is -2.59. The van der Waals surface area contributed by atoms with Crippen molar-refractivity contribution in [1.29, 1.82) is 0 Å². The average Bonchev–Trinajstić information content (AvgIpc) is 3.06. The first-order chi connectivity index (χ1) is 12.2. The molecule has 0 aliphatic heterocycles. The van der Waals surface area contributed by atoms with Gasteiger partial charge in [-0.3, -0.25) is 0 Å². The van der Waals surface area contributed by atoms with E-state index >= 15 is 0 Å². The fourth-order valence-electron chi connectivity index (χ4n) is 3.14. The number of hydrogen-bond donors (Lipinski definition) is 0. The molecular formula is C21H18O3S. The van der Waals surface area contributed by atoms with Gasteiger partial charge in [0.2, 0.25) is 0 Å². The van der Waals surface area contributed by atoms with Crippen LogP contribution in [-0.2, 0) is 6.42 Å². The SMILES string of the molecule is CCCc1cc2c(=S)c(-c3cc4ccccc4o3)coc2cc1OC. The summed E-state index contributed by atoms with van der Waals surface area (Å²) in [4.78, 5) is 0. The summed E-state index contributed by atoms with van der Waals surface area (Å²) >= 11 is 5.74. The van der Waals surface area contributed by atoms with Crippen LogP contribution in [0.3, 0.4) is 0 Å². The smallest absolute Gasteiger partial charge is 0.140 e. The molecule has 0 bridgehead atoms. The van der Waals surface area contributed by atoms with Crippen LogP contribution >= 0.6 is 12.2 Å². The van der Waals surface area contributed by atoms with Gasteiger partial charge in [-0.1, -0.05) is 43.8 Å². The van der Waals surface area contributed by atoms with E-state index in [-0.39, 0.29) is 0 Å². The van der Waals surface area contributed by atoms with Crippen molar-refractivity contribution in [2.75, 3.05) is 7.11 Å². The van der Waals surface area contributed by atoms with E-state index in [9.17, 15) is 0 Å². The molecule has 25 heavy (non-hydrogen) atoms. The minimum atomic E-state index is 0.724. The molecule has 4 aromatic rings. The zero-order valence-corrected chi connectivity index (χ0v) is 15.0. The number of para-hydroxylation sites is 1. The van der Waals surface area contributed by atoms with Crippen molar-refractivity contribution in [2.24, 2.45) is 0 Å². The van der Waals surface area contributed by atoms with Gasteiger partial charge in [0, 0.05) is 16.8 Å². The summed E-state index contributed by atoms with van der Waals surface area (Å²) in [6.07, 6.45) is 3.64. The standard InChI is InChI=1S/C21H18O3S/c1-3-6-13-9-15-19(11-18(13)22-2)23-12-16(21(15)25)20-10-14-7-4-5-8-17(14)24-20/h4-5,7-12H,3,6H2,1-2H3. The van der Waals surface area contributed by atoms with E-state index in [1.54, 1.807) is 13.4 Å². The van der Waals surface area contributed by atoms with E-state index in [0.717, 1.165) is 61.9 Å². The summed E-state index contributed by atoms with van der Waals surface area (Å²) in [7, 11) is 1.68. The van der Waals surface area contributed by atoms with Gasteiger partial charge in [-0.25, -0.2) is 0 Å². The second-order valence-corrected chi connectivity index (χ2v) is 6.45. The lowest BCUT2D eigenvalue weighted by Gasteiger charge is -2.10. The zero-order chi connectivity index (χ0) is 17.4. The molecule has 0 aliphatic rings. The van der Waals surface area contributed by atoms with Crippen molar-refractivity contribution < 1.29 is 13.6 Å². The zero-order valence-electron chi connectivity index (χ0n) is 14.2. The van der Waals surface area contributed by atoms with Gasteiger partial charge in [0.1, 0.15) is 28.9 Å². The Balaban J connectivity index is 1.93. The molecule has 126 valence electrons. The van der Waals surface area contributed by atoms with Crippen molar-refractivity contribution in [2.45, 2.75) is 19.8 Å². The molecule has 0 amide bonds. The number of fused-ring (bicyclic) bond motifs is 2. The van der Waals surface area contributed by atoms with Crippen LogP contribution in [0.25, 0.3) is 33.3 Å². The molecule has 2 aromatic heterocycles. The fraction of sp³-hybridized carbons (Fsp3) is 0.190. The molecule has 0 unspecified atom stereocenters. The van der Waals surface area contributed by atoms with Crippen molar-refractivity contribution in [1.82, 2.24) is 0 Å². The van der Waals surface area contributed by atoms with Crippen molar-refractivity contribution >= 4 is 34.2 Å². The Morgan fingerprint density at radius 2 is 1.92 bits per heavy atom. The topological polar surface area (TPSA) is 35.5 Å². The van der Waals surface area contributed by atoms with Crippen molar-refractivity contribution in [3.63, 3.8) is 0 Å². The van der Waals surface area contributed by atoms with E-state index in [0.29, 0.717) is 0 Å². The van der Waals surface area contributed by atoms with E-state index < -0.39 is 0 Å². The molecule has 0 spiro atoms. The van der Waals surface area contributed by atoms with Crippen molar-refractivity contribution in [3.05, 3.63) is 58.8 Å². The third-order valence-corrected chi connectivity index (χ3v) is 4.83. The van der Waals surface area contributed by atoms with Gasteiger partial charge in [0.25, 0.3) is 0 Å². The van der Waals surface area contributed by atoms with Gasteiger partial charge in [-0.15, -0.1) is 0 Å². The molecule has 0 saturated heterocycles. The van der Waals surface area contributed by atoms with Crippen LogP contribution in [0.2, 0.25) is 0 Å². The summed E-state index contributed by atoms with van der Waals surface area (Å²) in [6, 6.07) is 13.9. The van der Waals surface area contributed by atoms with E-state index in [4.69, 9.17) is 25.8 Å². The van der Waals surface area contributed by atoms with Gasteiger partial charge in [-0.05, 0) is 30.2 Å². The van der Waals surface area contributed by atoms with Crippen LogP contribution < -0.4 is 4.74 Å². The van der Waals surface area contributed by atoms with Gasteiger partial charge in [0.15, 0.2) is 0 Å². The molecule has 0 radical (unpaired) electrons. The maximum absolute atomic E-state index is 5.96. The van der Waals surface area contributed by atoms with Crippen LogP contribution in [-0.4, -0.2) is 7.11 Å². The predicted octanol–water partition coefficient (Wildman–Crippen LogP) is 6.54. The number of hydrogen-bond acceptors (Lipinski definition) is 4. The van der Waals surface area contributed by atoms with Crippen LogP contribution in [0, 0.1) is 4.51 Å². The molecule has 2 aromatic carbocycles. The maximum atomic E-state index is 5.96. The Labute approximate surface area is 150 Å². The Kier molecular flexibility index (Phi) is 4.06. The largest absolute Gasteiger partial charge is 0.496 e. The quantitative estimate of drug-likeness (QED) is 0.392. The van der Waals surface area contributed by atoms with Gasteiger partial charge in [-0.2, -0.15) is 0 Å². The van der Waals surface area contributed by atoms with Crippen LogP contribution in [0.1, 0.15) is 18.9 Å². The summed E-state index contributed by atoms with van der Waals surface area (Å²) < 4.78 is 18.0. The molecule has 3 nitrogen and oxygen atoms in total. The highest BCUT2D eigenvalue weighted by Crippen LogP contribution is 2.34. The number of ether oxygens (including phenoxy) is 1. The minimum Gasteiger partial charge on any atom is -0.496 e. The lowest BCUT2D eigenvalue weighted by Crippen LogP contribution is -1.93. The third kappa shape index (κ3) is 2.72. The van der Waals surface area contributed by atoms with E-state index in [2.05, 4.69) is 13.0 Å². The van der Waals surface area contributed by atoms with Gasteiger partial charge < -0.3 is 13.6 Å². The molecular weight excluding hydrogens is 332 g/mol. The molecule has 0 atom stereocenters. The highest BCUT2D eigenvalue weighted by molar-refractivity contribution is 7.71. The van der Waals surface area contributed by atoms with Crippen LogP contribution in [0.4, 0.5) is 0 Å². The first-order valence-electron chi connectivity index (χ1n) is 8.32. The predicted molar refractivity (Wildman–Crippen MR) is 103 cm³/mol. The van der Waals surface area contributed by atoms with Crippen molar-refractivity contribution in [3.8, 4) is 17.1 Å².